The number of nitrogens with one attached hydrogen (secondary N) is 2. The van der Waals surface area contributed by atoms with Gasteiger partial charge in [0.2, 0.25) is 17.8 Å². The molecule has 0 amide bonds. The molecule has 0 radical (unpaired) electrons. The van der Waals surface area contributed by atoms with Crippen LogP contribution in [0.5, 0.6) is 5.88 Å². The molecule has 0 aliphatic carbocycles. The molecular formula is C69H116ClIN20O14Si3. The number of rotatable bonds is 30. The first-order chi connectivity index (χ1) is 50.8. The Morgan fingerprint density at radius 2 is 0.787 bits per heavy atom. The maximum atomic E-state index is 8.44. The van der Waals surface area contributed by atoms with Gasteiger partial charge >= 0.3 is 0 Å². The van der Waals surface area contributed by atoms with Crippen LogP contribution in [0.3, 0.4) is 0 Å². The lowest BCUT2D eigenvalue weighted by Crippen LogP contribution is -3.00. The quantitative estimate of drug-likeness (QED) is 0.00320. The molecule has 0 spiro atoms. The van der Waals surface area contributed by atoms with Gasteiger partial charge in [-0.2, -0.15) is 19.9 Å². The number of aliphatic hydroxyl groups is 4. The van der Waals surface area contributed by atoms with E-state index in [9.17, 15) is 0 Å². The predicted molar refractivity (Wildman–Crippen MR) is 435 cm³/mol. The summed E-state index contributed by atoms with van der Waals surface area (Å²) in [7, 11) is -2.71. The third kappa shape index (κ3) is 51.3. The normalized spacial score (nSPS) is 11.7. The Morgan fingerprint density at radius 3 is 1.16 bits per heavy atom. The maximum absolute atomic E-state index is 8.44. The fraction of sp³-hybridized carbons (Fsp3) is 0.681. The molecular weight excluding hydrogens is 1580 g/mol. The van der Waals surface area contributed by atoms with E-state index >= 15 is 0 Å². The Labute approximate surface area is 660 Å². The minimum absolute atomic E-state index is 0. The fourth-order valence-electron chi connectivity index (χ4n) is 6.91. The van der Waals surface area contributed by atoms with Gasteiger partial charge in [-0.3, -0.25) is 4.48 Å². The molecule has 5 rings (SSSR count). The molecule has 0 bridgehead atoms. The Bertz CT molecular complexity index is 3600. The largest absolute Gasteiger partial charge is 1.00 e. The van der Waals surface area contributed by atoms with Crippen LogP contribution in [0.4, 0.5) is 17.7 Å². The van der Waals surface area contributed by atoms with E-state index in [2.05, 4.69) is 272 Å². The Balaban J connectivity index is -0.00000122. The van der Waals surface area contributed by atoms with Crippen molar-refractivity contribution in [3.05, 3.63) is 44.0 Å². The molecule has 0 saturated carbocycles. The van der Waals surface area contributed by atoms with Gasteiger partial charge in [-0.25, -0.2) is 9.97 Å². The molecule has 108 heavy (non-hydrogen) atoms. The van der Waals surface area contributed by atoms with Crippen LogP contribution >= 0.6 is 22.6 Å². The lowest BCUT2D eigenvalue weighted by Gasteiger charge is -2.35. The highest BCUT2D eigenvalue weighted by atomic mass is 127. The number of fused-ring (bicyclic) bond motifs is 2. The minimum atomic E-state index is -1.70. The van der Waals surface area contributed by atoms with Gasteiger partial charge < -0.3 is 101 Å². The number of quaternary nitrogens is 1. The number of hydrogen-bond donors (Lipinski definition) is 8. The van der Waals surface area contributed by atoms with Crippen LogP contribution in [0.2, 0.25) is 54.4 Å². The van der Waals surface area contributed by atoms with E-state index in [0.717, 1.165) is 33.3 Å². The molecule has 1 saturated heterocycles. The third-order valence-electron chi connectivity index (χ3n) is 15.8. The van der Waals surface area contributed by atoms with Crippen LogP contribution in [0.1, 0.15) is 75.2 Å². The highest BCUT2D eigenvalue weighted by molar-refractivity contribution is 14.1. The van der Waals surface area contributed by atoms with Crippen molar-refractivity contribution >= 4 is 87.6 Å². The summed E-state index contributed by atoms with van der Waals surface area (Å²) < 4.78 is 55.7. The van der Waals surface area contributed by atoms with E-state index in [1.807, 2.05) is 0 Å². The highest BCUT2D eigenvalue weighted by Gasteiger charge is 2.39. The average Bonchev–Trinajstić information content (AvgIpc) is 1.61. The van der Waals surface area contributed by atoms with Crippen LogP contribution in [-0.2, 0) is 41.7 Å². The first-order valence-electron chi connectivity index (χ1n) is 34.3. The number of alkyl halides is 1. The van der Waals surface area contributed by atoms with E-state index < -0.39 is 25.0 Å². The standard InChI is InChI=1S/C14H27N3O3Si.C13H16N8O3.C10H19IOSi.C10H15N6.C10H20O2Si.C8H13N3O3.C4H6O2.ClH/c1-14(2,3)21(4,5)20-10-7-6-9-18-12-13-19-11-8-16-17-15;14-13-19-11-10(16-9-17-11)12(20-13)24-5-2-1-4-22-7-8-23-6-3-18-21-15;1-10(2,3)13(4,5)12-9-7-6-8-11;1-16(4-2-3-5-16)9-7-8(13-6-12-7)14-10(11)15-9;1-10(2,3)13(4,5)12-9-7-6-8-11;9-11-10-3-6-14-8-7-13-5-2-1-4-12;5-3-1-2-4-6;/h8-13H2,1-5H3;9H,3-8H2,(H3,14,16,17,19,20);8-9H2,1-5H3;6H,2-5H2,1H3,(H3,11,12,13,14,15);11H,8-9H2,1-5H3;12H,3-8H2;5-6H,3-4H2;1H/q;;;+1;;;;/p-1. The molecule has 1 fully saturated rings. The number of aliphatic hydroxyl groups excluding tert-OH is 4. The molecule has 34 nitrogen and oxygen atoms in total. The van der Waals surface area contributed by atoms with E-state index in [1.54, 1.807) is 6.33 Å². The monoisotopic (exact) mass is 1690 g/mol. The number of halogens is 2. The number of imidazole rings is 2. The predicted octanol–water partition coefficient (Wildman–Crippen LogP) is 6.44. The second kappa shape index (κ2) is 62.6. The Morgan fingerprint density at radius 1 is 0.472 bits per heavy atom. The summed E-state index contributed by atoms with van der Waals surface area (Å²) in [6.45, 7) is 42.3. The number of hydrogen-bond acceptors (Lipinski definition) is 25. The number of likely N-dealkylation sites (tertiary alicyclic amines) is 1. The topological polar surface area (TPSA) is 480 Å². The lowest BCUT2D eigenvalue weighted by atomic mass is 10.2. The van der Waals surface area contributed by atoms with Crippen molar-refractivity contribution in [1.29, 1.82) is 0 Å². The summed E-state index contributed by atoms with van der Waals surface area (Å²) in [6, 6.07) is 0. The maximum Gasteiger partial charge on any atom is 0.258 e. The van der Waals surface area contributed by atoms with Crippen LogP contribution in [0, 0.1) is 71.0 Å². The molecule has 0 unspecified atom stereocenters. The molecule has 1 aliphatic rings. The second-order valence-corrected chi connectivity index (χ2v) is 41.9. The summed E-state index contributed by atoms with van der Waals surface area (Å²) in [5, 5.41) is 43.3. The second-order valence-electron chi connectivity index (χ2n) is 26.7. The van der Waals surface area contributed by atoms with Gasteiger partial charge in [0.1, 0.15) is 51.8 Å². The molecule has 4 aromatic heterocycles. The van der Waals surface area contributed by atoms with Crippen molar-refractivity contribution in [2.24, 2.45) is 15.3 Å². The molecule has 0 aromatic carbocycles. The summed E-state index contributed by atoms with van der Waals surface area (Å²) in [6.07, 6.45) is 5.59. The first-order valence-corrected chi connectivity index (χ1v) is 44.6. The van der Waals surface area contributed by atoms with Crippen molar-refractivity contribution in [2.75, 3.05) is 188 Å². The summed E-state index contributed by atoms with van der Waals surface area (Å²) >= 11 is 2.25. The van der Waals surface area contributed by atoms with Crippen LogP contribution < -0.4 is 33.1 Å². The zero-order valence-corrected chi connectivity index (χ0v) is 71.8. The highest BCUT2D eigenvalue weighted by Crippen LogP contribution is 2.38. The number of H-pyrrole nitrogens is 2. The van der Waals surface area contributed by atoms with Crippen molar-refractivity contribution in [3.63, 3.8) is 0 Å². The molecule has 10 N–H and O–H groups in total. The zero-order valence-electron chi connectivity index (χ0n) is 65.9. The van der Waals surface area contributed by atoms with E-state index in [-0.39, 0.29) is 68.1 Å². The number of azide groups is 3. The summed E-state index contributed by atoms with van der Waals surface area (Å²) in [5.74, 6) is 34.1. The van der Waals surface area contributed by atoms with E-state index in [1.165, 1.54) is 19.2 Å². The number of aromatic nitrogens is 8. The van der Waals surface area contributed by atoms with Gasteiger partial charge in [-0.05, 0) is 71.0 Å². The van der Waals surface area contributed by atoms with Crippen molar-refractivity contribution in [1.82, 2.24) is 44.4 Å². The number of anilines is 2. The van der Waals surface area contributed by atoms with Crippen LogP contribution in [0.25, 0.3) is 53.7 Å². The molecule has 602 valence electrons. The average molecular weight is 1700 g/mol. The third-order valence-corrected chi connectivity index (χ3v) is 29.6. The molecule has 4 aromatic rings. The minimum Gasteiger partial charge on any atom is -1.00 e. The Kier molecular flexibility index (Phi) is 60.9. The zero-order chi connectivity index (χ0) is 80.8. The number of nitrogens with zero attached hydrogens (tertiary/aromatic N) is 16. The number of nitrogens with two attached hydrogens (primary N) is 2. The lowest BCUT2D eigenvalue weighted by molar-refractivity contribution is -0.0000320. The van der Waals surface area contributed by atoms with Gasteiger partial charge in [0, 0.05) is 47.2 Å². The number of aromatic amines is 2. The van der Waals surface area contributed by atoms with Gasteiger partial charge in [0.15, 0.2) is 48.4 Å². The summed E-state index contributed by atoms with van der Waals surface area (Å²) in [4.78, 5) is 38.4. The number of nitrogen functional groups attached to an aromatic ring is 2. The smallest absolute Gasteiger partial charge is 0.258 e. The summed E-state index contributed by atoms with van der Waals surface area (Å²) in [5.41, 5.74) is 37.9. The first kappa shape index (κ1) is 105. The molecule has 1 aliphatic heterocycles. The van der Waals surface area contributed by atoms with Gasteiger partial charge in [-0.15, -0.1) is 0 Å². The number of ether oxygens (including phenoxy) is 7. The SMILES string of the molecule is CC(C)(C)[Si](C)(C)OCC#CCI.CC(C)(C)[Si](C)(C)OCC#CCO.CC(C)(C)[Si](C)(C)OCC#CCOCCOCCN=[N+]=[N-].C[N+]1(c2nc(N)nc3nc[nH]c23)CCCC1.OCC#CCO.[Cl-].[N-]=[N+]=NCCOCCOCC#CCO.[N-]=[N+]=NCCOCCOCC#CCOc1nc(N)nc2nc[nH]c12. The van der Waals surface area contributed by atoms with Crippen molar-refractivity contribution in [3.8, 4) is 76.9 Å². The molecule has 5 heterocycles. The van der Waals surface area contributed by atoms with Crippen molar-refractivity contribution in [2.45, 2.75) is 130 Å². The molecule has 0 atom stereocenters. The van der Waals surface area contributed by atoms with E-state index in [0.29, 0.717) is 146 Å². The Hall–Kier alpha value is -7.10. The van der Waals surface area contributed by atoms with Crippen LogP contribution in [-0.4, -0.2) is 262 Å². The fourth-order valence-corrected chi connectivity index (χ4v) is 9.78. The molecule has 39 heteroatoms. The van der Waals surface area contributed by atoms with Crippen molar-refractivity contribution < 1.29 is 79.3 Å². The van der Waals surface area contributed by atoms with Gasteiger partial charge in [-0.1, -0.05) is 171 Å². The van der Waals surface area contributed by atoms with Crippen LogP contribution in [0.15, 0.2) is 28.0 Å². The van der Waals surface area contributed by atoms with Gasteiger partial charge in [0.25, 0.3) is 5.82 Å². The van der Waals surface area contributed by atoms with E-state index in [4.69, 9.17) is 94.9 Å². The van der Waals surface area contributed by atoms with Gasteiger partial charge in [0.05, 0.1) is 117 Å².